The van der Waals surface area contributed by atoms with Gasteiger partial charge in [-0.3, -0.25) is 0 Å². The third kappa shape index (κ3) is 8.23. The molecule has 0 spiro atoms. The number of carboxylic acid groups (broad SMARTS) is 1. The number of nitrogens with one attached hydrogen (secondary N) is 1. The van der Waals surface area contributed by atoms with Crippen LogP contribution in [0.2, 0.25) is 0 Å². The molecule has 0 aliphatic carbocycles. The van der Waals surface area contributed by atoms with Crippen molar-refractivity contribution in [1.82, 2.24) is 5.32 Å². The second kappa shape index (κ2) is 13.0. The minimum Gasteiger partial charge on any atom is -0.494 e. The van der Waals surface area contributed by atoms with E-state index in [-0.39, 0.29) is 6.29 Å². The molecule has 0 aromatic heterocycles. The Morgan fingerprint density at radius 1 is 0.935 bits per heavy atom. The van der Waals surface area contributed by atoms with Crippen LogP contribution < -0.4 is 10.1 Å². The molecule has 1 atom stereocenters. The van der Waals surface area contributed by atoms with Crippen molar-refractivity contribution in [2.75, 3.05) is 19.8 Å². The van der Waals surface area contributed by atoms with Crippen LogP contribution in [0.1, 0.15) is 62.1 Å². The largest absolute Gasteiger partial charge is 0.494 e. The lowest BCUT2D eigenvalue weighted by molar-refractivity contribution is -0.0480. The lowest BCUT2D eigenvalue weighted by atomic mass is 9.98. The zero-order chi connectivity index (χ0) is 21.7. The quantitative estimate of drug-likeness (QED) is 0.411. The molecule has 2 aromatic carbocycles. The molecule has 31 heavy (non-hydrogen) atoms. The van der Waals surface area contributed by atoms with Crippen molar-refractivity contribution in [3.63, 3.8) is 0 Å². The summed E-state index contributed by atoms with van der Waals surface area (Å²) in [4.78, 5) is 11.3. The Kier molecular flexibility index (Phi) is 9.67. The van der Waals surface area contributed by atoms with Crippen molar-refractivity contribution in [2.45, 2.75) is 57.3 Å². The molecule has 1 saturated heterocycles. The highest BCUT2D eigenvalue weighted by Crippen LogP contribution is 2.25. The molecule has 1 fully saturated rings. The number of hydrogen-bond donors (Lipinski definition) is 2. The summed E-state index contributed by atoms with van der Waals surface area (Å²) >= 11 is 0. The molecule has 1 aliphatic heterocycles. The summed E-state index contributed by atoms with van der Waals surface area (Å²) in [5.41, 5.74) is 1.76. The molecular formula is C25H33NO5. The Morgan fingerprint density at radius 2 is 1.61 bits per heavy atom. The molecule has 0 saturated carbocycles. The number of ether oxygens (including phenoxy) is 3. The summed E-state index contributed by atoms with van der Waals surface area (Å²) in [6.45, 7) is 2.13. The van der Waals surface area contributed by atoms with Gasteiger partial charge in [0.1, 0.15) is 5.75 Å². The van der Waals surface area contributed by atoms with Gasteiger partial charge in [-0.15, -0.1) is 0 Å². The van der Waals surface area contributed by atoms with Crippen LogP contribution in [-0.2, 0) is 9.47 Å². The molecule has 6 nitrogen and oxygen atoms in total. The van der Waals surface area contributed by atoms with E-state index >= 15 is 0 Å². The highest BCUT2D eigenvalue weighted by Gasteiger charge is 2.17. The number of carbonyl (C=O) groups is 1. The number of unbranched alkanes of at least 4 members (excludes halogenated alkanes) is 5. The fourth-order valence-corrected chi connectivity index (χ4v) is 3.80. The lowest BCUT2D eigenvalue weighted by Gasteiger charge is -2.19. The molecule has 3 rings (SSSR count). The predicted molar refractivity (Wildman–Crippen MR) is 119 cm³/mol. The second-order valence-electron chi connectivity index (χ2n) is 7.80. The first kappa shape index (κ1) is 23.1. The van der Waals surface area contributed by atoms with E-state index in [0.717, 1.165) is 55.8 Å². The maximum atomic E-state index is 11.3. The van der Waals surface area contributed by atoms with Crippen LogP contribution in [-0.4, -0.2) is 37.3 Å². The monoisotopic (exact) mass is 427 g/mol. The minimum atomic E-state index is -1.05. The van der Waals surface area contributed by atoms with Gasteiger partial charge in [-0.25, -0.2) is 4.79 Å². The van der Waals surface area contributed by atoms with Gasteiger partial charge >= 0.3 is 6.09 Å². The molecule has 1 aliphatic rings. The van der Waals surface area contributed by atoms with Gasteiger partial charge in [0, 0.05) is 0 Å². The maximum Gasteiger partial charge on any atom is 0.405 e. The van der Waals surface area contributed by atoms with Gasteiger partial charge in [-0.05, 0) is 42.5 Å². The van der Waals surface area contributed by atoms with Crippen molar-refractivity contribution in [3.05, 3.63) is 65.7 Å². The first-order chi connectivity index (χ1) is 15.2. The fraction of sp³-hybridized carbons (Fsp3) is 0.480. The summed E-state index contributed by atoms with van der Waals surface area (Å²) in [6, 6.07) is 16.8. The molecule has 2 aromatic rings. The van der Waals surface area contributed by atoms with E-state index in [1.165, 1.54) is 19.3 Å². The molecular weight excluding hydrogens is 394 g/mol. The summed E-state index contributed by atoms with van der Waals surface area (Å²) in [5.74, 6) is 0.766. The van der Waals surface area contributed by atoms with Gasteiger partial charge in [0.05, 0.1) is 25.9 Å². The van der Waals surface area contributed by atoms with E-state index < -0.39 is 12.1 Å². The van der Waals surface area contributed by atoms with Crippen molar-refractivity contribution in [2.24, 2.45) is 0 Å². The van der Waals surface area contributed by atoms with E-state index in [0.29, 0.717) is 6.61 Å². The van der Waals surface area contributed by atoms with Crippen LogP contribution in [0.5, 0.6) is 5.75 Å². The summed E-state index contributed by atoms with van der Waals surface area (Å²) in [7, 11) is 0. The maximum absolute atomic E-state index is 11.3. The normalized spacial score (nSPS) is 15.0. The zero-order valence-electron chi connectivity index (χ0n) is 18.0. The third-order valence-corrected chi connectivity index (χ3v) is 5.39. The SMILES string of the molecule is O=C(O)NC(c1ccccc1)c1cccc(OCCCCCCCCC2OCCO2)c1. The fourth-order valence-electron chi connectivity index (χ4n) is 3.80. The molecule has 1 heterocycles. The standard InChI is InChI=1S/C25H33NO5/c27-25(28)26-24(20-11-6-5-7-12-20)21-13-10-14-22(19-21)29-16-9-4-2-1-3-8-15-23-30-17-18-31-23/h5-7,10-14,19,23-24,26H,1-4,8-9,15-18H2,(H,27,28). The van der Waals surface area contributed by atoms with Crippen LogP contribution in [0, 0.1) is 0 Å². The van der Waals surface area contributed by atoms with Gasteiger partial charge in [-0.2, -0.15) is 0 Å². The summed E-state index contributed by atoms with van der Waals surface area (Å²) in [5, 5.41) is 11.9. The second-order valence-corrected chi connectivity index (χ2v) is 7.80. The zero-order valence-corrected chi connectivity index (χ0v) is 18.0. The van der Waals surface area contributed by atoms with Crippen LogP contribution in [0.25, 0.3) is 0 Å². The molecule has 168 valence electrons. The predicted octanol–water partition coefficient (Wildman–Crippen LogP) is 5.53. The van der Waals surface area contributed by atoms with Gasteiger partial charge in [0.15, 0.2) is 6.29 Å². The van der Waals surface area contributed by atoms with Crippen LogP contribution >= 0.6 is 0 Å². The van der Waals surface area contributed by atoms with Gasteiger partial charge in [-0.1, -0.05) is 68.1 Å². The number of rotatable bonds is 13. The molecule has 1 amide bonds. The lowest BCUT2D eigenvalue weighted by Crippen LogP contribution is -2.27. The van der Waals surface area contributed by atoms with Crippen molar-refractivity contribution in [1.29, 1.82) is 0 Å². The summed E-state index contributed by atoms with van der Waals surface area (Å²) in [6.07, 6.45) is 6.92. The number of benzene rings is 2. The molecule has 0 radical (unpaired) electrons. The van der Waals surface area contributed by atoms with E-state index in [9.17, 15) is 9.90 Å². The van der Waals surface area contributed by atoms with Crippen molar-refractivity contribution in [3.8, 4) is 5.75 Å². The number of amides is 1. The Morgan fingerprint density at radius 3 is 2.35 bits per heavy atom. The van der Waals surface area contributed by atoms with E-state index in [2.05, 4.69) is 5.32 Å². The third-order valence-electron chi connectivity index (χ3n) is 5.39. The Hall–Kier alpha value is -2.57. The first-order valence-electron chi connectivity index (χ1n) is 11.2. The average molecular weight is 428 g/mol. The Labute approximate surface area is 184 Å². The van der Waals surface area contributed by atoms with Gasteiger partial charge in [0.2, 0.25) is 0 Å². The molecule has 2 N–H and O–H groups in total. The van der Waals surface area contributed by atoms with Crippen LogP contribution in [0.15, 0.2) is 54.6 Å². The Balaban J connectivity index is 1.37. The number of hydrogen-bond acceptors (Lipinski definition) is 4. The molecule has 6 heteroatoms. The van der Waals surface area contributed by atoms with Crippen LogP contribution in [0.4, 0.5) is 4.79 Å². The van der Waals surface area contributed by atoms with Gasteiger partial charge in [0.25, 0.3) is 0 Å². The van der Waals surface area contributed by atoms with E-state index in [1.54, 1.807) is 0 Å². The topological polar surface area (TPSA) is 77.0 Å². The van der Waals surface area contributed by atoms with Crippen LogP contribution in [0.3, 0.4) is 0 Å². The van der Waals surface area contributed by atoms with Gasteiger partial charge < -0.3 is 24.6 Å². The Bertz CT molecular complexity index is 776. The molecule has 0 bridgehead atoms. The van der Waals surface area contributed by atoms with Crippen molar-refractivity contribution < 1.29 is 24.1 Å². The minimum absolute atomic E-state index is 0.0244. The highest BCUT2D eigenvalue weighted by atomic mass is 16.7. The van der Waals surface area contributed by atoms with Crippen molar-refractivity contribution >= 4 is 6.09 Å². The smallest absolute Gasteiger partial charge is 0.405 e. The molecule has 1 unspecified atom stereocenters. The first-order valence-corrected chi connectivity index (χ1v) is 11.2. The highest BCUT2D eigenvalue weighted by molar-refractivity contribution is 5.66. The average Bonchev–Trinajstić information content (AvgIpc) is 3.30. The van der Waals surface area contributed by atoms with E-state index in [1.807, 2.05) is 54.6 Å². The van der Waals surface area contributed by atoms with E-state index in [4.69, 9.17) is 14.2 Å². The summed E-state index contributed by atoms with van der Waals surface area (Å²) < 4.78 is 16.8.